The standard InChI is InChI=1S/C14H14ClN3OS/c15-12-3-1-11(2-4-12)14-16-5-6-17(14)9-13(19)18-7-8-20-10-18/h1-6H,7-10H2. The summed E-state index contributed by atoms with van der Waals surface area (Å²) >= 11 is 7.68. The van der Waals surface area contributed by atoms with Crippen molar-refractivity contribution in [2.45, 2.75) is 6.54 Å². The Balaban J connectivity index is 1.79. The predicted molar refractivity (Wildman–Crippen MR) is 81.7 cm³/mol. The third-order valence-electron chi connectivity index (χ3n) is 3.23. The molecule has 0 aliphatic carbocycles. The highest BCUT2D eigenvalue weighted by molar-refractivity contribution is 7.99. The van der Waals surface area contributed by atoms with Crippen LogP contribution < -0.4 is 0 Å². The zero-order chi connectivity index (χ0) is 13.9. The lowest BCUT2D eigenvalue weighted by molar-refractivity contribution is -0.130. The number of thioether (sulfide) groups is 1. The fourth-order valence-electron chi connectivity index (χ4n) is 2.15. The first-order valence-corrected chi connectivity index (χ1v) is 7.90. The normalized spacial score (nSPS) is 14.8. The van der Waals surface area contributed by atoms with E-state index in [1.165, 1.54) is 0 Å². The van der Waals surface area contributed by atoms with Gasteiger partial charge >= 0.3 is 0 Å². The van der Waals surface area contributed by atoms with Gasteiger partial charge < -0.3 is 9.47 Å². The minimum Gasteiger partial charge on any atom is -0.331 e. The lowest BCUT2D eigenvalue weighted by Crippen LogP contribution is -2.31. The smallest absolute Gasteiger partial charge is 0.243 e. The van der Waals surface area contributed by atoms with Crippen molar-refractivity contribution in [3.8, 4) is 11.4 Å². The molecule has 1 amide bonds. The molecule has 4 nitrogen and oxygen atoms in total. The molecular weight excluding hydrogens is 294 g/mol. The average Bonchev–Trinajstić information content (AvgIpc) is 3.10. The van der Waals surface area contributed by atoms with Crippen molar-refractivity contribution in [3.05, 3.63) is 41.7 Å². The topological polar surface area (TPSA) is 38.1 Å². The molecule has 0 spiro atoms. The molecule has 20 heavy (non-hydrogen) atoms. The van der Waals surface area contributed by atoms with Crippen molar-refractivity contribution in [1.29, 1.82) is 0 Å². The minimum atomic E-state index is 0.142. The quantitative estimate of drug-likeness (QED) is 0.875. The Morgan fingerprint density at radius 3 is 2.85 bits per heavy atom. The van der Waals surface area contributed by atoms with Gasteiger partial charge in [-0.25, -0.2) is 4.98 Å². The van der Waals surface area contributed by atoms with E-state index in [1.807, 2.05) is 39.9 Å². The van der Waals surface area contributed by atoms with Crippen LogP contribution >= 0.6 is 23.4 Å². The molecule has 1 aromatic heterocycles. The number of hydrogen-bond acceptors (Lipinski definition) is 3. The summed E-state index contributed by atoms with van der Waals surface area (Å²) in [6.07, 6.45) is 3.56. The van der Waals surface area contributed by atoms with Gasteiger partial charge in [-0.2, -0.15) is 0 Å². The Bertz CT molecular complexity index is 605. The number of benzene rings is 1. The van der Waals surface area contributed by atoms with Crippen LogP contribution in [0.3, 0.4) is 0 Å². The van der Waals surface area contributed by atoms with Gasteiger partial charge in [0.15, 0.2) is 0 Å². The largest absolute Gasteiger partial charge is 0.331 e. The van der Waals surface area contributed by atoms with Crippen molar-refractivity contribution in [2.24, 2.45) is 0 Å². The van der Waals surface area contributed by atoms with E-state index in [2.05, 4.69) is 4.98 Å². The van der Waals surface area contributed by atoms with Crippen LogP contribution in [0.4, 0.5) is 0 Å². The van der Waals surface area contributed by atoms with Crippen molar-refractivity contribution in [2.75, 3.05) is 18.2 Å². The molecule has 3 rings (SSSR count). The van der Waals surface area contributed by atoms with Crippen molar-refractivity contribution in [1.82, 2.24) is 14.5 Å². The Morgan fingerprint density at radius 1 is 1.35 bits per heavy atom. The summed E-state index contributed by atoms with van der Waals surface area (Å²) in [7, 11) is 0. The highest BCUT2D eigenvalue weighted by atomic mass is 35.5. The molecule has 0 radical (unpaired) electrons. The SMILES string of the molecule is O=C(Cn1ccnc1-c1ccc(Cl)cc1)N1CCSC1. The van der Waals surface area contributed by atoms with Crippen LogP contribution in [-0.4, -0.2) is 38.5 Å². The number of carbonyl (C=O) groups is 1. The molecule has 1 aliphatic rings. The maximum atomic E-state index is 12.2. The molecule has 6 heteroatoms. The molecule has 104 valence electrons. The zero-order valence-electron chi connectivity index (χ0n) is 10.8. The molecule has 0 unspecified atom stereocenters. The van der Waals surface area contributed by atoms with E-state index in [0.29, 0.717) is 11.6 Å². The van der Waals surface area contributed by atoms with Gasteiger partial charge in [0.1, 0.15) is 12.4 Å². The first-order chi connectivity index (χ1) is 9.74. The van der Waals surface area contributed by atoms with Gasteiger partial charge in [-0.15, -0.1) is 11.8 Å². The number of rotatable bonds is 3. The van der Waals surface area contributed by atoms with Crippen LogP contribution in [0, 0.1) is 0 Å². The van der Waals surface area contributed by atoms with Crippen molar-refractivity contribution < 1.29 is 4.79 Å². The highest BCUT2D eigenvalue weighted by Crippen LogP contribution is 2.21. The average molecular weight is 308 g/mol. The van der Waals surface area contributed by atoms with Gasteiger partial charge in [-0.05, 0) is 24.3 Å². The summed E-state index contributed by atoms with van der Waals surface area (Å²) in [5.41, 5.74) is 0.961. The fourth-order valence-corrected chi connectivity index (χ4v) is 3.25. The summed E-state index contributed by atoms with van der Waals surface area (Å²) in [6.45, 7) is 1.17. The first kappa shape index (κ1) is 13.5. The molecule has 2 aromatic rings. The first-order valence-electron chi connectivity index (χ1n) is 6.36. The monoisotopic (exact) mass is 307 g/mol. The molecule has 1 saturated heterocycles. The minimum absolute atomic E-state index is 0.142. The Morgan fingerprint density at radius 2 is 2.15 bits per heavy atom. The molecule has 1 aliphatic heterocycles. The third-order valence-corrected chi connectivity index (χ3v) is 4.45. The Hall–Kier alpha value is -1.46. The molecule has 0 atom stereocenters. The molecule has 2 heterocycles. The number of aromatic nitrogens is 2. The molecule has 0 N–H and O–H groups in total. The van der Waals surface area contributed by atoms with Gasteiger partial charge in [0, 0.05) is 35.3 Å². The van der Waals surface area contributed by atoms with Crippen LogP contribution in [0.5, 0.6) is 0 Å². The second-order valence-corrected chi connectivity index (χ2v) is 6.09. The summed E-state index contributed by atoms with van der Waals surface area (Å²) in [5.74, 6) is 2.76. The third kappa shape index (κ3) is 2.83. The predicted octanol–water partition coefficient (Wildman–Crippen LogP) is 2.74. The second-order valence-electron chi connectivity index (χ2n) is 4.58. The van der Waals surface area contributed by atoms with E-state index in [9.17, 15) is 4.79 Å². The summed E-state index contributed by atoms with van der Waals surface area (Å²) in [6, 6.07) is 7.48. The van der Waals surface area contributed by atoms with Crippen LogP contribution in [0.1, 0.15) is 0 Å². The maximum absolute atomic E-state index is 12.2. The number of carbonyl (C=O) groups excluding carboxylic acids is 1. The van der Waals surface area contributed by atoms with E-state index in [4.69, 9.17) is 11.6 Å². The number of nitrogens with zero attached hydrogens (tertiary/aromatic N) is 3. The van der Waals surface area contributed by atoms with E-state index < -0.39 is 0 Å². The van der Waals surface area contributed by atoms with Crippen molar-refractivity contribution in [3.63, 3.8) is 0 Å². The molecule has 1 aromatic carbocycles. The molecule has 0 saturated carbocycles. The van der Waals surface area contributed by atoms with Gasteiger partial charge in [-0.3, -0.25) is 4.79 Å². The van der Waals surface area contributed by atoms with E-state index in [1.54, 1.807) is 18.0 Å². The molecule has 0 bridgehead atoms. The zero-order valence-corrected chi connectivity index (χ0v) is 12.4. The van der Waals surface area contributed by atoms with E-state index in [0.717, 1.165) is 29.6 Å². The van der Waals surface area contributed by atoms with Gasteiger partial charge in [0.2, 0.25) is 5.91 Å². The van der Waals surface area contributed by atoms with E-state index in [-0.39, 0.29) is 5.91 Å². The molecule has 1 fully saturated rings. The number of hydrogen-bond donors (Lipinski definition) is 0. The van der Waals surface area contributed by atoms with Crippen LogP contribution in [-0.2, 0) is 11.3 Å². The van der Waals surface area contributed by atoms with Crippen molar-refractivity contribution >= 4 is 29.3 Å². The Labute approximate surface area is 126 Å². The van der Waals surface area contributed by atoms with Crippen LogP contribution in [0.25, 0.3) is 11.4 Å². The van der Waals surface area contributed by atoms with Gasteiger partial charge in [0.05, 0.1) is 5.88 Å². The van der Waals surface area contributed by atoms with E-state index >= 15 is 0 Å². The Kier molecular flexibility index (Phi) is 3.98. The summed E-state index contributed by atoms with van der Waals surface area (Å²) in [5, 5.41) is 0.692. The van der Waals surface area contributed by atoms with Gasteiger partial charge in [-0.1, -0.05) is 11.6 Å². The number of amides is 1. The highest BCUT2D eigenvalue weighted by Gasteiger charge is 2.19. The van der Waals surface area contributed by atoms with Gasteiger partial charge in [0.25, 0.3) is 0 Å². The summed E-state index contributed by atoms with van der Waals surface area (Å²) < 4.78 is 1.88. The van der Waals surface area contributed by atoms with Crippen LogP contribution in [0.2, 0.25) is 5.02 Å². The fraction of sp³-hybridized carbons (Fsp3) is 0.286. The lowest BCUT2D eigenvalue weighted by Gasteiger charge is -2.15. The number of imidazole rings is 1. The lowest BCUT2D eigenvalue weighted by atomic mass is 10.2. The summed E-state index contributed by atoms with van der Waals surface area (Å²) in [4.78, 5) is 18.4. The number of halogens is 1. The van der Waals surface area contributed by atoms with Crippen LogP contribution in [0.15, 0.2) is 36.7 Å². The maximum Gasteiger partial charge on any atom is 0.243 e. The second kappa shape index (κ2) is 5.89. The molecular formula is C14H14ClN3OS.